The van der Waals surface area contributed by atoms with E-state index in [9.17, 15) is 0 Å². The number of aromatic nitrogens is 3. The van der Waals surface area contributed by atoms with Crippen LogP contribution in [-0.4, -0.2) is 47.5 Å². The highest BCUT2D eigenvalue weighted by Crippen LogP contribution is 2.14. The van der Waals surface area contributed by atoms with E-state index in [1.165, 1.54) is 19.3 Å². The summed E-state index contributed by atoms with van der Waals surface area (Å²) in [5, 5.41) is 11.7. The highest BCUT2D eigenvalue weighted by molar-refractivity contribution is 14.0. The van der Waals surface area contributed by atoms with Crippen LogP contribution in [0.2, 0.25) is 0 Å². The molecule has 0 aliphatic carbocycles. The molecule has 120 valence electrons. The summed E-state index contributed by atoms with van der Waals surface area (Å²) < 4.78 is 7.17. The molecule has 2 rings (SSSR count). The summed E-state index contributed by atoms with van der Waals surface area (Å²) in [7, 11) is 1.65. The molecular formula is C13H25IN6O. The molecule has 0 spiro atoms. The van der Waals surface area contributed by atoms with Gasteiger partial charge in [0.15, 0.2) is 5.96 Å². The lowest BCUT2D eigenvalue weighted by Crippen LogP contribution is -2.34. The Balaban J connectivity index is 0.00000220. The number of hydrogen-bond donors (Lipinski definition) is 2. The normalized spacial score (nSPS) is 15.0. The van der Waals surface area contributed by atoms with E-state index in [4.69, 9.17) is 10.5 Å². The largest absolute Gasteiger partial charge is 0.383 e. The van der Waals surface area contributed by atoms with Gasteiger partial charge in [0.25, 0.3) is 0 Å². The number of guanidine groups is 1. The molecule has 0 unspecified atom stereocenters. The van der Waals surface area contributed by atoms with E-state index in [1.807, 2.05) is 0 Å². The van der Waals surface area contributed by atoms with Crippen molar-refractivity contribution in [2.24, 2.45) is 10.7 Å². The lowest BCUT2D eigenvalue weighted by Gasteiger charge is -2.08. The molecule has 0 saturated heterocycles. The fraction of sp³-hybridized carbons (Fsp3) is 0.769. The molecule has 1 aliphatic rings. The van der Waals surface area contributed by atoms with Crippen LogP contribution in [0, 0.1) is 0 Å². The zero-order valence-electron chi connectivity index (χ0n) is 12.5. The topological polar surface area (TPSA) is 90.3 Å². The maximum absolute atomic E-state index is 5.76. The fourth-order valence-electron chi connectivity index (χ4n) is 2.35. The quantitative estimate of drug-likeness (QED) is 0.313. The third kappa shape index (κ3) is 5.77. The Morgan fingerprint density at radius 1 is 1.38 bits per heavy atom. The first-order valence-corrected chi connectivity index (χ1v) is 7.25. The molecule has 0 amide bonds. The number of rotatable bonds is 6. The number of aliphatic imine (C=N–C) groups is 1. The lowest BCUT2D eigenvalue weighted by atomic mass is 10.2. The van der Waals surface area contributed by atoms with Gasteiger partial charge in [0.05, 0.1) is 13.2 Å². The maximum Gasteiger partial charge on any atom is 0.188 e. The molecule has 1 aromatic rings. The van der Waals surface area contributed by atoms with Gasteiger partial charge in [-0.2, -0.15) is 0 Å². The van der Waals surface area contributed by atoms with Gasteiger partial charge in [0.2, 0.25) is 0 Å². The second-order valence-electron chi connectivity index (χ2n) is 4.93. The molecule has 8 heteroatoms. The van der Waals surface area contributed by atoms with E-state index in [0.29, 0.717) is 19.1 Å². The molecule has 2 heterocycles. The molecule has 1 aromatic heterocycles. The molecule has 21 heavy (non-hydrogen) atoms. The average molecular weight is 408 g/mol. The minimum atomic E-state index is 0. The van der Waals surface area contributed by atoms with Gasteiger partial charge < -0.3 is 20.4 Å². The van der Waals surface area contributed by atoms with Crippen LogP contribution in [0.5, 0.6) is 0 Å². The number of halogens is 1. The average Bonchev–Trinajstić information content (AvgIpc) is 2.68. The van der Waals surface area contributed by atoms with Crippen molar-refractivity contribution < 1.29 is 4.74 Å². The van der Waals surface area contributed by atoms with E-state index in [1.54, 1.807) is 7.11 Å². The van der Waals surface area contributed by atoms with E-state index in [2.05, 4.69) is 25.1 Å². The van der Waals surface area contributed by atoms with Crippen LogP contribution in [0.1, 0.15) is 30.9 Å². The molecule has 7 nitrogen and oxygen atoms in total. The highest BCUT2D eigenvalue weighted by Gasteiger charge is 2.13. The van der Waals surface area contributed by atoms with Gasteiger partial charge >= 0.3 is 0 Å². The molecule has 1 aliphatic heterocycles. The Morgan fingerprint density at radius 2 is 2.24 bits per heavy atom. The monoisotopic (exact) mass is 408 g/mol. The maximum atomic E-state index is 5.76. The lowest BCUT2D eigenvalue weighted by molar-refractivity contribution is 0.208. The van der Waals surface area contributed by atoms with E-state index >= 15 is 0 Å². The van der Waals surface area contributed by atoms with Gasteiger partial charge in [-0.15, -0.1) is 34.2 Å². The second-order valence-corrected chi connectivity index (χ2v) is 4.93. The molecule has 0 aromatic carbocycles. The van der Waals surface area contributed by atoms with Crippen molar-refractivity contribution in [3.8, 4) is 0 Å². The summed E-state index contributed by atoms with van der Waals surface area (Å²) in [4.78, 5) is 4.15. The predicted octanol–water partition coefficient (Wildman–Crippen LogP) is 0.716. The first kappa shape index (κ1) is 18.1. The number of ether oxygens (including phenoxy) is 1. The smallest absolute Gasteiger partial charge is 0.188 e. The molecular weight excluding hydrogens is 383 g/mol. The van der Waals surface area contributed by atoms with Crippen LogP contribution < -0.4 is 11.1 Å². The zero-order chi connectivity index (χ0) is 14.2. The third-order valence-corrected chi connectivity index (χ3v) is 3.42. The van der Waals surface area contributed by atoms with E-state index in [-0.39, 0.29) is 24.0 Å². The van der Waals surface area contributed by atoms with Crippen molar-refractivity contribution in [2.75, 3.05) is 26.8 Å². The summed E-state index contributed by atoms with van der Waals surface area (Å²) in [5.74, 6) is 2.62. The van der Waals surface area contributed by atoms with Gasteiger partial charge in [0, 0.05) is 33.0 Å². The Morgan fingerprint density at radius 3 is 3.05 bits per heavy atom. The van der Waals surface area contributed by atoms with Crippen molar-refractivity contribution in [3.05, 3.63) is 11.6 Å². The molecule has 0 saturated carbocycles. The first-order valence-electron chi connectivity index (χ1n) is 7.25. The number of methoxy groups -OCH3 is 1. The molecule has 0 fully saturated rings. The highest BCUT2D eigenvalue weighted by atomic mass is 127. The summed E-state index contributed by atoms with van der Waals surface area (Å²) in [5.41, 5.74) is 5.76. The molecule has 0 bridgehead atoms. The SMILES string of the molecule is COCCN=C(N)NCCc1nnc2n1CCCCC2.I. The zero-order valence-corrected chi connectivity index (χ0v) is 14.9. The Labute approximate surface area is 142 Å². The minimum absolute atomic E-state index is 0. The Bertz CT molecular complexity index is 448. The van der Waals surface area contributed by atoms with Gasteiger partial charge in [0.1, 0.15) is 11.6 Å². The molecule has 0 radical (unpaired) electrons. The molecule has 3 N–H and O–H groups in total. The third-order valence-electron chi connectivity index (χ3n) is 3.42. The number of hydrogen-bond acceptors (Lipinski definition) is 4. The van der Waals surface area contributed by atoms with Crippen LogP contribution in [-0.2, 0) is 24.1 Å². The van der Waals surface area contributed by atoms with Gasteiger partial charge in [-0.3, -0.25) is 4.99 Å². The van der Waals surface area contributed by atoms with Crippen LogP contribution in [0.15, 0.2) is 4.99 Å². The van der Waals surface area contributed by atoms with E-state index < -0.39 is 0 Å². The summed E-state index contributed by atoms with van der Waals surface area (Å²) >= 11 is 0. The van der Waals surface area contributed by atoms with Crippen molar-refractivity contribution in [1.29, 1.82) is 0 Å². The fourth-order valence-corrected chi connectivity index (χ4v) is 2.35. The van der Waals surface area contributed by atoms with Crippen LogP contribution >= 0.6 is 24.0 Å². The number of nitrogens with one attached hydrogen (secondary N) is 1. The van der Waals surface area contributed by atoms with Crippen LogP contribution in [0.4, 0.5) is 0 Å². The number of aryl methyl sites for hydroxylation is 1. The second kappa shape index (κ2) is 9.93. The standard InChI is InChI=1S/C13H24N6O.HI/c1-20-10-8-16-13(14)15-7-6-12-18-17-11-5-3-2-4-9-19(11)12;/h2-10H2,1H3,(H3,14,15,16);1H. The Kier molecular flexibility index (Phi) is 8.58. The first-order chi connectivity index (χ1) is 9.81. The van der Waals surface area contributed by atoms with Crippen LogP contribution in [0.25, 0.3) is 0 Å². The van der Waals surface area contributed by atoms with Gasteiger partial charge in [-0.25, -0.2) is 0 Å². The van der Waals surface area contributed by atoms with Gasteiger partial charge in [-0.05, 0) is 12.8 Å². The number of fused-ring (bicyclic) bond motifs is 1. The number of nitrogens with zero attached hydrogens (tertiary/aromatic N) is 4. The van der Waals surface area contributed by atoms with Crippen LogP contribution in [0.3, 0.4) is 0 Å². The van der Waals surface area contributed by atoms with Crippen molar-refractivity contribution in [2.45, 2.75) is 38.6 Å². The minimum Gasteiger partial charge on any atom is -0.383 e. The van der Waals surface area contributed by atoms with Crippen molar-refractivity contribution in [1.82, 2.24) is 20.1 Å². The van der Waals surface area contributed by atoms with E-state index in [0.717, 1.165) is 37.6 Å². The van der Waals surface area contributed by atoms with Crippen molar-refractivity contribution >= 4 is 29.9 Å². The molecule has 0 atom stereocenters. The van der Waals surface area contributed by atoms with Gasteiger partial charge in [-0.1, -0.05) is 6.42 Å². The summed E-state index contributed by atoms with van der Waals surface area (Å²) in [6.07, 6.45) is 5.57. The number of nitrogens with two attached hydrogens (primary N) is 1. The summed E-state index contributed by atoms with van der Waals surface area (Å²) in [6.45, 7) is 2.92. The Hall–Kier alpha value is -0.900. The predicted molar refractivity (Wildman–Crippen MR) is 93.1 cm³/mol. The van der Waals surface area contributed by atoms with Crippen molar-refractivity contribution in [3.63, 3.8) is 0 Å². The summed E-state index contributed by atoms with van der Waals surface area (Å²) in [6, 6.07) is 0.